The zero-order chi connectivity index (χ0) is 13.1. The number of carboxylic acid groups (broad SMARTS) is 1. The Morgan fingerprint density at radius 2 is 1.83 bits per heavy atom. The van der Waals surface area contributed by atoms with E-state index in [0.29, 0.717) is 9.13 Å². The molecule has 0 atom stereocenters. The van der Waals surface area contributed by atoms with Gasteiger partial charge in [0, 0.05) is 9.61 Å². The lowest BCUT2D eigenvalue weighted by molar-refractivity contribution is 0.0695. The molecule has 0 unspecified atom stereocenters. The van der Waals surface area contributed by atoms with Crippen LogP contribution in [-0.4, -0.2) is 23.0 Å². The van der Waals surface area contributed by atoms with E-state index in [-0.39, 0.29) is 17.5 Å². The van der Waals surface area contributed by atoms with Crippen molar-refractivity contribution in [3.8, 4) is 0 Å². The van der Waals surface area contributed by atoms with Gasteiger partial charge >= 0.3 is 5.97 Å². The van der Waals surface area contributed by atoms with Gasteiger partial charge in [-0.05, 0) is 47.6 Å². The first-order valence-corrected chi connectivity index (χ1v) is 7.00. The molecule has 2 rings (SSSR count). The smallest absolute Gasteiger partial charge is 0.336 e. The van der Waals surface area contributed by atoms with E-state index in [0.717, 1.165) is 25.7 Å². The van der Waals surface area contributed by atoms with Crippen molar-refractivity contribution in [1.82, 2.24) is 5.32 Å². The maximum atomic E-state index is 12.1. The topological polar surface area (TPSA) is 66.4 Å². The van der Waals surface area contributed by atoms with Crippen LogP contribution in [0, 0.1) is 3.57 Å². The quantitative estimate of drug-likeness (QED) is 0.816. The van der Waals surface area contributed by atoms with Crippen molar-refractivity contribution >= 4 is 34.5 Å². The fraction of sp³-hybridized carbons (Fsp3) is 0.385. The van der Waals surface area contributed by atoms with Crippen LogP contribution in [0.3, 0.4) is 0 Å². The molecular weight excluding hydrogens is 345 g/mol. The molecule has 0 spiro atoms. The van der Waals surface area contributed by atoms with Gasteiger partial charge in [0.15, 0.2) is 0 Å². The molecule has 1 aromatic rings. The molecule has 0 aromatic heterocycles. The second-order valence-corrected chi connectivity index (χ2v) is 5.51. The van der Waals surface area contributed by atoms with Gasteiger partial charge in [-0.15, -0.1) is 0 Å². The number of hydrogen-bond acceptors (Lipinski definition) is 2. The SMILES string of the molecule is O=C(O)c1cccc(C(=O)NC2CCCC2)c1I. The first kappa shape index (κ1) is 13.3. The van der Waals surface area contributed by atoms with Crippen LogP contribution >= 0.6 is 22.6 Å². The van der Waals surface area contributed by atoms with Gasteiger partial charge in [-0.1, -0.05) is 18.9 Å². The molecule has 96 valence electrons. The number of carbonyl (C=O) groups excluding carboxylic acids is 1. The van der Waals surface area contributed by atoms with Gasteiger partial charge in [0.2, 0.25) is 0 Å². The Bertz CT molecular complexity index is 481. The molecule has 0 bridgehead atoms. The summed E-state index contributed by atoms with van der Waals surface area (Å²) in [6.45, 7) is 0. The molecule has 1 aromatic carbocycles. The van der Waals surface area contributed by atoms with Crippen molar-refractivity contribution < 1.29 is 14.7 Å². The third-order valence-electron chi connectivity index (χ3n) is 3.16. The van der Waals surface area contributed by atoms with Crippen molar-refractivity contribution in [2.24, 2.45) is 0 Å². The molecule has 0 saturated heterocycles. The maximum absolute atomic E-state index is 12.1. The summed E-state index contributed by atoms with van der Waals surface area (Å²) in [5, 5.41) is 12.0. The average Bonchev–Trinajstić information content (AvgIpc) is 2.81. The second kappa shape index (κ2) is 5.69. The van der Waals surface area contributed by atoms with Crippen LogP contribution in [0.25, 0.3) is 0 Å². The number of nitrogens with one attached hydrogen (secondary N) is 1. The fourth-order valence-electron chi connectivity index (χ4n) is 2.21. The molecular formula is C13H14INO3. The van der Waals surface area contributed by atoms with E-state index >= 15 is 0 Å². The maximum Gasteiger partial charge on any atom is 0.336 e. The fourth-order valence-corrected chi connectivity index (χ4v) is 3.04. The largest absolute Gasteiger partial charge is 0.478 e. The molecule has 1 aliphatic carbocycles. The summed E-state index contributed by atoms with van der Waals surface area (Å²) in [7, 11) is 0. The lowest BCUT2D eigenvalue weighted by atomic mass is 10.1. The van der Waals surface area contributed by atoms with Crippen LogP contribution in [0.4, 0.5) is 0 Å². The highest BCUT2D eigenvalue weighted by molar-refractivity contribution is 14.1. The molecule has 5 heteroatoms. The van der Waals surface area contributed by atoms with Crippen molar-refractivity contribution in [3.63, 3.8) is 0 Å². The molecule has 0 radical (unpaired) electrons. The standard InChI is InChI=1S/C13H14INO3/c14-11-9(6-3-7-10(11)13(17)18)12(16)15-8-4-1-2-5-8/h3,6-8H,1-2,4-5H2,(H,15,16)(H,17,18). The number of benzene rings is 1. The number of halogens is 1. The first-order chi connectivity index (χ1) is 8.59. The van der Waals surface area contributed by atoms with E-state index in [2.05, 4.69) is 5.32 Å². The molecule has 0 heterocycles. The van der Waals surface area contributed by atoms with Crippen LogP contribution in [0.5, 0.6) is 0 Å². The number of hydrogen-bond donors (Lipinski definition) is 2. The molecule has 1 amide bonds. The van der Waals surface area contributed by atoms with Crippen molar-refractivity contribution in [1.29, 1.82) is 0 Å². The highest BCUT2D eigenvalue weighted by atomic mass is 127. The van der Waals surface area contributed by atoms with E-state index in [9.17, 15) is 9.59 Å². The normalized spacial score (nSPS) is 15.6. The molecule has 1 saturated carbocycles. The summed E-state index contributed by atoms with van der Waals surface area (Å²) < 4.78 is 0.498. The third kappa shape index (κ3) is 2.82. The van der Waals surface area contributed by atoms with Gasteiger partial charge in [0.05, 0.1) is 11.1 Å². The van der Waals surface area contributed by atoms with E-state index in [4.69, 9.17) is 5.11 Å². The van der Waals surface area contributed by atoms with Gasteiger partial charge in [-0.25, -0.2) is 4.79 Å². The summed E-state index contributed by atoms with van der Waals surface area (Å²) in [5.74, 6) is -1.18. The molecule has 1 aliphatic rings. The highest BCUT2D eigenvalue weighted by Gasteiger charge is 2.21. The van der Waals surface area contributed by atoms with Crippen LogP contribution < -0.4 is 5.32 Å². The lowest BCUT2D eigenvalue weighted by Gasteiger charge is -2.13. The average molecular weight is 359 g/mol. The minimum atomic E-state index is -1.00. The third-order valence-corrected chi connectivity index (χ3v) is 4.33. The number of amides is 1. The van der Waals surface area contributed by atoms with E-state index in [1.54, 1.807) is 12.1 Å². The van der Waals surface area contributed by atoms with Crippen molar-refractivity contribution in [2.75, 3.05) is 0 Å². The van der Waals surface area contributed by atoms with Gasteiger partial charge in [-0.3, -0.25) is 4.79 Å². The zero-order valence-electron chi connectivity index (χ0n) is 9.78. The molecule has 0 aliphatic heterocycles. The minimum Gasteiger partial charge on any atom is -0.478 e. The first-order valence-electron chi connectivity index (χ1n) is 5.92. The van der Waals surface area contributed by atoms with Crippen LogP contribution in [-0.2, 0) is 0 Å². The number of rotatable bonds is 3. The Kier molecular flexibility index (Phi) is 4.21. The van der Waals surface area contributed by atoms with Gasteiger partial charge in [0.25, 0.3) is 5.91 Å². The van der Waals surface area contributed by atoms with Crippen LogP contribution in [0.15, 0.2) is 18.2 Å². The van der Waals surface area contributed by atoms with E-state index in [1.165, 1.54) is 6.07 Å². The number of aromatic carboxylic acids is 1. The summed E-state index contributed by atoms with van der Waals surface area (Å²) in [4.78, 5) is 23.1. The summed E-state index contributed by atoms with van der Waals surface area (Å²) in [5.41, 5.74) is 0.622. The highest BCUT2D eigenvalue weighted by Crippen LogP contribution is 2.21. The summed E-state index contributed by atoms with van der Waals surface area (Å²) in [6.07, 6.45) is 4.33. The summed E-state index contributed by atoms with van der Waals surface area (Å²) >= 11 is 1.92. The van der Waals surface area contributed by atoms with E-state index < -0.39 is 5.97 Å². The van der Waals surface area contributed by atoms with Gasteiger partial charge < -0.3 is 10.4 Å². The predicted octanol–water partition coefficient (Wildman–Crippen LogP) is 2.66. The lowest BCUT2D eigenvalue weighted by Crippen LogP contribution is -2.33. The van der Waals surface area contributed by atoms with Crippen molar-refractivity contribution in [3.05, 3.63) is 32.9 Å². The van der Waals surface area contributed by atoms with Crippen LogP contribution in [0.2, 0.25) is 0 Å². The molecule has 18 heavy (non-hydrogen) atoms. The second-order valence-electron chi connectivity index (χ2n) is 4.43. The Hall–Kier alpha value is -1.11. The van der Waals surface area contributed by atoms with Crippen molar-refractivity contribution in [2.45, 2.75) is 31.7 Å². The number of carboxylic acids is 1. The zero-order valence-corrected chi connectivity index (χ0v) is 11.9. The van der Waals surface area contributed by atoms with E-state index in [1.807, 2.05) is 22.6 Å². The number of carbonyl (C=O) groups is 2. The molecule has 4 nitrogen and oxygen atoms in total. The monoisotopic (exact) mass is 359 g/mol. The molecule has 1 fully saturated rings. The predicted molar refractivity (Wildman–Crippen MR) is 75.8 cm³/mol. The van der Waals surface area contributed by atoms with Crippen LogP contribution in [0.1, 0.15) is 46.4 Å². The minimum absolute atomic E-state index is 0.172. The Balaban J connectivity index is 2.19. The summed E-state index contributed by atoms with van der Waals surface area (Å²) in [6, 6.07) is 5.02. The Labute approximate surface area is 119 Å². The Morgan fingerprint density at radius 3 is 2.44 bits per heavy atom. The van der Waals surface area contributed by atoms with Gasteiger partial charge in [-0.2, -0.15) is 0 Å². The Morgan fingerprint density at radius 1 is 1.22 bits per heavy atom. The molecule has 2 N–H and O–H groups in total. The van der Waals surface area contributed by atoms with Gasteiger partial charge in [0.1, 0.15) is 0 Å².